The van der Waals surface area contributed by atoms with Crippen molar-refractivity contribution in [3.05, 3.63) is 29.3 Å². The predicted octanol–water partition coefficient (Wildman–Crippen LogP) is 2.36. The SMILES string of the molecule is CC(C)(C(=O)O)c1ccc2c(c1)CCN2C(=O)C1CCOCC1. The highest BCUT2D eigenvalue weighted by Crippen LogP contribution is 2.34. The van der Waals surface area contributed by atoms with Crippen LogP contribution in [0.1, 0.15) is 37.8 Å². The van der Waals surface area contributed by atoms with Gasteiger partial charge in [0.15, 0.2) is 0 Å². The highest BCUT2D eigenvalue weighted by atomic mass is 16.5. The van der Waals surface area contributed by atoms with Gasteiger partial charge in [0.2, 0.25) is 5.91 Å². The number of nitrogens with zero attached hydrogens (tertiary/aromatic N) is 1. The Bertz CT molecular complexity index is 632. The van der Waals surface area contributed by atoms with Crippen molar-refractivity contribution in [2.24, 2.45) is 5.92 Å². The van der Waals surface area contributed by atoms with Gasteiger partial charge in [-0.25, -0.2) is 0 Å². The second-order valence-electron chi connectivity index (χ2n) is 6.90. The topological polar surface area (TPSA) is 66.8 Å². The minimum Gasteiger partial charge on any atom is -0.481 e. The lowest BCUT2D eigenvalue weighted by Crippen LogP contribution is -2.37. The number of carbonyl (C=O) groups is 2. The Morgan fingerprint density at radius 2 is 1.96 bits per heavy atom. The van der Waals surface area contributed by atoms with Gasteiger partial charge in [0, 0.05) is 31.4 Å². The van der Waals surface area contributed by atoms with Crippen molar-refractivity contribution in [2.75, 3.05) is 24.7 Å². The Hall–Kier alpha value is -1.88. The summed E-state index contributed by atoms with van der Waals surface area (Å²) in [7, 11) is 0. The van der Waals surface area contributed by atoms with E-state index in [0.29, 0.717) is 19.8 Å². The molecule has 2 heterocycles. The predicted molar refractivity (Wildman–Crippen MR) is 86.7 cm³/mol. The maximum absolute atomic E-state index is 12.7. The molecule has 0 aliphatic carbocycles. The lowest BCUT2D eigenvalue weighted by Gasteiger charge is -2.27. The van der Waals surface area contributed by atoms with Crippen LogP contribution in [0.4, 0.5) is 5.69 Å². The van der Waals surface area contributed by atoms with Gasteiger partial charge in [0.1, 0.15) is 0 Å². The van der Waals surface area contributed by atoms with E-state index in [-0.39, 0.29) is 11.8 Å². The van der Waals surface area contributed by atoms with Crippen molar-refractivity contribution in [3.8, 4) is 0 Å². The van der Waals surface area contributed by atoms with Crippen molar-refractivity contribution in [2.45, 2.75) is 38.5 Å². The van der Waals surface area contributed by atoms with Gasteiger partial charge < -0.3 is 14.7 Å². The molecule has 1 aromatic carbocycles. The summed E-state index contributed by atoms with van der Waals surface area (Å²) in [5.41, 5.74) is 1.86. The van der Waals surface area contributed by atoms with Gasteiger partial charge in [0.25, 0.3) is 0 Å². The fourth-order valence-corrected chi connectivity index (χ4v) is 3.31. The van der Waals surface area contributed by atoms with Crippen LogP contribution in [0.5, 0.6) is 0 Å². The van der Waals surface area contributed by atoms with Gasteiger partial charge in [-0.1, -0.05) is 12.1 Å². The maximum atomic E-state index is 12.7. The smallest absolute Gasteiger partial charge is 0.313 e. The third-order valence-corrected chi connectivity index (χ3v) is 5.07. The molecule has 1 saturated heterocycles. The highest BCUT2D eigenvalue weighted by Gasteiger charge is 2.34. The molecule has 0 radical (unpaired) electrons. The molecule has 23 heavy (non-hydrogen) atoms. The molecule has 1 N–H and O–H groups in total. The first-order chi connectivity index (χ1) is 10.9. The molecule has 2 aliphatic heterocycles. The number of hydrogen-bond acceptors (Lipinski definition) is 3. The molecule has 2 aliphatic rings. The molecule has 0 spiro atoms. The molecule has 0 aromatic heterocycles. The number of carboxylic acids is 1. The van der Waals surface area contributed by atoms with E-state index < -0.39 is 11.4 Å². The van der Waals surface area contributed by atoms with E-state index in [1.54, 1.807) is 13.8 Å². The molecule has 0 atom stereocenters. The summed E-state index contributed by atoms with van der Waals surface area (Å²) >= 11 is 0. The Labute approximate surface area is 136 Å². The average molecular weight is 317 g/mol. The van der Waals surface area contributed by atoms with Gasteiger partial charge in [-0.15, -0.1) is 0 Å². The Morgan fingerprint density at radius 1 is 1.26 bits per heavy atom. The summed E-state index contributed by atoms with van der Waals surface area (Å²) in [5.74, 6) is -0.618. The van der Waals surface area contributed by atoms with E-state index in [9.17, 15) is 14.7 Å². The van der Waals surface area contributed by atoms with Crippen LogP contribution in [0.3, 0.4) is 0 Å². The first-order valence-corrected chi connectivity index (χ1v) is 8.17. The molecular formula is C18H23NO4. The molecule has 5 nitrogen and oxygen atoms in total. The van der Waals surface area contributed by atoms with Crippen LogP contribution in [0.2, 0.25) is 0 Å². The maximum Gasteiger partial charge on any atom is 0.313 e. The largest absolute Gasteiger partial charge is 0.481 e. The minimum absolute atomic E-state index is 0.0461. The molecular weight excluding hydrogens is 294 g/mol. The van der Waals surface area contributed by atoms with Crippen molar-refractivity contribution >= 4 is 17.6 Å². The Kier molecular flexibility index (Phi) is 4.15. The van der Waals surface area contributed by atoms with E-state index >= 15 is 0 Å². The summed E-state index contributed by atoms with van der Waals surface area (Å²) < 4.78 is 5.33. The average Bonchev–Trinajstić information content (AvgIpc) is 2.98. The van der Waals surface area contributed by atoms with E-state index in [1.807, 2.05) is 23.1 Å². The van der Waals surface area contributed by atoms with Gasteiger partial charge in [0.05, 0.1) is 5.41 Å². The summed E-state index contributed by atoms with van der Waals surface area (Å²) in [6, 6.07) is 5.68. The molecule has 5 heteroatoms. The number of anilines is 1. The zero-order chi connectivity index (χ0) is 16.6. The van der Waals surface area contributed by atoms with Gasteiger partial charge in [-0.3, -0.25) is 9.59 Å². The molecule has 124 valence electrons. The highest BCUT2D eigenvalue weighted by molar-refractivity contribution is 5.97. The number of ether oxygens (including phenoxy) is 1. The number of hydrogen-bond donors (Lipinski definition) is 1. The third kappa shape index (κ3) is 2.85. The van der Waals surface area contributed by atoms with Crippen LogP contribution in [0.15, 0.2) is 18.2 Å². The second-order valence-corrected chi connectivity index (χ2v) is 6.90. The molecule has 1 aromatic rings. The standard InChI is InChI=1S/C18H23NO4/c1-18(2,17(21)22)14-3-4-15-13(11-14)5-8-19(15)16(20)12-6-9-23-10-7-12/h3-4,11-12H,5-10H2,1-2H3,(H,21,22). The van der Waals surface area contributed by atoms with Crippen molar-refractivity contribution in [1.29, 1.82) is 0 Å². The van der Waals surface area contributed by atoms with E-state index in [2.05, 4.69) is 0 Å². The molecule has 0 saturated carbocycles. The van der Waals surface area contributed by atoms with Crippen LogP contribution in [0.25, 0.3) is 0 Å². The fourth-order valence-electron chi connectivity index (χ4n) is 3.31. The Morgan fingerprint density at radius 3 is 2.61 bits per heavy atom. The van der Waals surface area contributed by atoms with Crippen LogP contribution in [0, 0.1) is 5.92 Å². The van der Waals surface area contributed by atoms with Crippen LogP contribution in [-0.2, 0) is 26.2 Å². The summed E-state index contributed by atoms with van der Waals surface area (Å²) in [5, 5.41) is 9.38. The fraction of sp³-hybridized carbons (Fsp3) is 0.556. The second kappa shape index (κ2) is 5.96. The molecule has 1 fully saturated rings. The molecule has 0 bridgehead atoms. The summed E-state index contributed by atoms with van der Waals surface area (Å²) in [4.78, 5) is 26.0. The number of carbonyl (C=O) groups excluding carboxylic acids is 1. The van der Waals surface area contributed by atoms with Crippen molar-refractivity contribution < 1.29 is 19.4 Å². The van der Waals surface area contributed by atoms with Crippen molar-refractivity contribution in [1.82, 2.24) is 0 Å². The summed E-state index contributed by atoms with van der Waals surface area (Å²) in [6.07, 6.45) is 2.36. The number of rotatable bonds is 3. The number of fused-ring (bicyclic) bond motifs is 1. The lowest BCUT2D eigenvalue weighted by molar-refractivity contribution is -0.142. The zero-order valence-electron chi connectivity index (χ0n) is 13.7. The van der Waals surface area contributed by atoms with E-state index in [4.69, 9.17) is 4.74 Å². The first kappa shape index (κ1) is 16.0. The van der Waals surface area contributed by atoms with Gasteiger partial charge in [-0.2, -0.15) is 0 Å². The zero-order valence-corrected chi connectivity index (χ0v) is 13.7. The number of benzene rings is 1. The lowest BCUT2D eigenvalue weighted by atomic mass is 9.84. The van der Waals surface area contributed by atoms with Gasteiger partial charge in [-0.05, 0) is 50.3 Å². The first-order valence-electron chi connectivity index (χ1n) is 8.17. The number of amides is 1. The minimum atomic E-state index is -0.923. The van der Waals surface area contributed by atoms with Crippen LogP contribution in [-0.4, -0.2) is 36.7 Å². The van der Waals surface area contributed by atoms with E-state index in [1.165, 1.54) is 0 Å². The normalized spacial score (nSPS) is 18.8. The molecule has 3 rings (SSSR count). The monoisotopic (exact) mass is 317 g/mol. The van der Waals surface area contributed by atoms with E-state index in [0.717, 1.165) is 36.1 Å². The number of carboxylic acid groups (broad SMARTS) is 1. The van der Waals surface area contributed by atoms with Crippen molar-refractivity contribution in [3.63, 3.8) is 0 Å². The van der Waals surface area contributed by atoms with Crippen LogP contribution < -0.4 is 4.90 Å². The number of aliphatic carboxylic acids is 1. The van der Waals surface area contributed by atoms with Crippen LogP contribution >= 0.6 is 0 Å². The quantitative estimate of drug-likeness (QED) is 0.929. The molecule has 0 unspecified atom stereocenters. The van der Waals surface area contributed by atoms with Gasteiger partial charge >= 0.3 is 5.97 Å². The Balaban J connectivity index is 1.84. The summed E-state index contributed by atoms with van der Waals surface area (Å²) in [6.45, 7) is 5.40. The molecule has 1 amide bonds. The third-order valence-electron chi connectivity index (χ3n) is 5.07.